The van der Waals surface area contributed by atoms with Gasteiger partial charge in [-0.15, -0.1) is 0 Å². The van der Waals surface area contributed by atoms with Crippen molar-refractivity contribution in [2.45, 2.75) is 27.2 Å². The van der Waals surface area contributed by atoms with E-state index in [1.165, 1.54) is 17.5 Å². The van der Waals surface area contributed by atoms with Gasteiger partial charge in [0.1, 0.15) is 17.8 Å². The summed E-state index contributed by atoms with van der Waals surface area (Å²) < 4.78 is 0. The first-order valence-electron chi connectivity index (χ1n) is 7.04. The number of anilines is 2. The van der Waals surface area contributed by atoms with Gasteiger partial charge in [-0.3, -0.25) is 4.79 Å². The summed E-state index contributed by atoms with van der Waals surface area (Å²) in [7, 11) is 0. The minimum atomic E-state index is -0.178. The molecule has 0 spiro atoms. The van der Waals surface area contributed by atoms with E-state index in [0.717, 1.165) is 12.1 Å². The van der Waals surface area contributed by atoms with Crippen LogP contribution in [0.3, 0.4) is 0 Å². The second-order valence-corrected chi connectivity index (χ2v) is 5.05. The van der Waals surface area contributed by atoms with Crippen molar-refractivity contribution in [1.29, 1.82) is 0 Å². The van der Waals surface area contributed by atoms with Crippen molar-refractivity contribution >= 4 is 17.4 Å². The molecule has 5 heteroatoms. The number of carbonyl (C=O) groups is 1. The highest BCUT2D eigenvalue weighted by Gasteiger charge is 2.08. The highest BCUT2D eigenvalue weighted by molar-refractivity contribution is 5.92. The molecule has 0 aliphatic rings. The van der Waals surface area contributed by atoms with Crippen molar-refractivity contribution in [3.05, 3.63) is 47.4 Å². The van der Waals surface area contributed by atoms with Crippen LogP contribution in [0.15, 0.2) is 30.6 Å². The van der Waals surface area contributed by atoms with Gasteiger partial charge in [-0.05, 0) is 43.5 Å². The first-order chi connectivity index (χ1) is 10.1. The van der Waals surface area contributed by atoms with Crippen LogP contribution in [-0.4, -0.2) is 22.4 Å². The average molecular weight is 284 g/mol. The van der Waals surface area contributed by atoms with E-state index in [-0.39, 0.29) is 5.91 Å². The summed E-state index contributed by atoms with van der Waals surface area (Å²) in [6.07, 6.45) is 2.29. The van der Waals surface area contributed by atoms with Crippen LogP contribution in [-0.2, 0) is 0 Å². The van der Waals surface area contributed by atoms with Crippen LogP contribution < -0.4 is 10.6 Å². The van der Waals surface area contributed by atoms with E-state index in [9.17, 15) is 4.79 Å². The van der Waals surface area contributed by atoms with Crippen molar-refractivity contribution < 1.29 is 4.79 Å². The molecule has 2 rings (SSSR count). The molecule has 2 aromatic rings. The maximum absolute atomic E-state index is 11.9. The maximum Gasteiger partial charge on any atom is 0.270 e. The van der Waals surface area contributed by atoms with Gasteiger partial charge in [-0.1, -0.05) is 13.0 Å². The number of nitrogens with one attached hydrogen (secondary N) is 2. The molecule has 1 aromatic carbocycles. The molecule has 0 radical (unpaired) electrons. The number of aryl methyl sites for hydroxylation is 2. The molecular weight excluding hydrogens is 264 g/mol. The Bertz CT molecular complexity index is 620. The Morgan fingerprint density at radius 1 is 1.10 bits per heavy atom. The second-order valence-electron chi connectivity index (χ2n) is 5.05. The lowest BCUT2D eigenvalue weighted by atomic mass is 10.1. The van der Waals surface area contributed by atoms with Gasteiger partial charge in [0.2, 0.25) is 0 Å². The molecule has 2 N–H and O–H groups in total. The summed E-state index contributed by atoms with van der Waals surface area (Å²) in [6.45, 7) is 6.74. The average Bonchev–Trinajstić information content (AvgIpc) is 2.44. The van der Waals surface area contributed by atoms with Crippen molar-refractivity contribution in [2.75, 3.05) is 11.9 Å². The first-order valence-corrected chi connectivity index (χ1v) is 7.04. The Labute approximate surface area is 124 Å². The highest BCUT2D eigenvalue weighted by Crippen LogP contribution is 2.18. The van der Waals surface area contributed by atoms with Crippen molar-refractivity contribution in [3.63, 3.8) is 0 Å². The van der Waals surface area contributed by atoms with Gasteiger partial charge in [0.15, 0.2) is 0 Å². The number of amides is 1. The largest absolute Gasteiger partial charge is 0.351 e. The third-order valence-corrected chi connectivity index (χ3v) is 2.93. The topological polar surface area (TPSA) is 66.9 Å². The van der Waals surface area contributed by atoms with E-state index < -0.39 is 0 Å². The molecule has 0 unspecified atom stereocenters. The molecule has 1 aromatic heterocycles. The molecule has 0 aliphatic carbocycles. The Morgan fingerprint density at radius 2 is 1.81 bits per heavy atom. The smallest absolute Gasteiger partial charge is 0.270 e. The van der Waals surface area contributed by atoms with Gasteiger partial charge in [-0.2, -0.15) is 0 Å². The van der Waals surface area contributed by atoms with E-state index in [4.69, 9.17) is 0 Å². The molecule has 1 amide bonds. The minimum absolute atomic E-state index is 0.178. The van der Waals surface area contributed by atoms with Gasteiger partial charge in [0.05, 0.1) is 0 Å². The van der Waals surface area contributed by atoms with Gasteiger partial charge in [0.25, 0.3) is 5.91 Å². The summed E-state index contributed by atoms with van der Waals surface area (Å²) in [5.74, 6) is 0.430. The number of benzene rings is 1. The fraction of sp³-hybridized carbons (Fsp3) is 0.312. The molecule has 0 fully saturated rings. The molecule has 110 valence electrons. The van der Waals surface area contributed by atoms with Crippen LogP contribution in [0.5, 0.6) is 0 Å². The van der Waals surface area contributed by atoms with Gasteiger partial charge in [-0.25, -0.2) is 9.97 Å². The van der Waals surface area contributed by atoms with Crippen molar-refractivity contribution in [1.82, 2.24) is 15.3 Å². The lowest BCUT2D eigenvalue weighted by Gasteiger charge is -2.09. The molecule has 0 saturated carbocycles. The zero-order valence-corrected chi connectivity index (χ0v) is 12.6. The molecule has 21 heavy (non-hydrogen) atoms. The molecule has 0 atom stereocenters. The summed E-state index contributed by atoms with van der Waals surface area (Å²) in [4.78, 5) is 20.0. The minimum Gasteiger partial charge on any atom is -0.351 e. The van der Waals surface area contributed by atoms with E-state index >= 15 is 0 Å². The number of rotatable bonds is 5. The fourth-order valence-corrected chi connectivity index (χ4v) is 2.07. The predicted octanol–water partition coefficient (Wildman–Crippen LogP) is 2.98. The number of aromatic nitrogens is 2. The van der Waals surface area contributed by atoms with Crippen LogP contribution in [0.4, 0.5) is 11.5 Å². The van der Waals surface area contributed by atoms with Crippen molar-refractivity contribution in [3.8, 4) is 0 Å². The molecular formula is C16H20N4O. The summed E-state index contributed by atoms with van der Waals surface area (Å²) >= 11 is 0. The monoisotopic (exact) mass is 284 g/mol. The summed E-state index contributed by atoms with van der Waals surface area (Å²) in [5, 5.41) is 6.01. The van der Waals surface area contributed by atoms with Gasteiger partial charge in [0, 0.05) is 18.3 Å². The van der Waals surface area contributed by atoms with Gasteiger partial charge >= 0.3 is 0 Å². The van der Waals surface area contributed by atoms with E-state index in [0.29, 0.717) is 18.1 Å². The van der Waals surface area contributed by atoms with Crippen LogP contribution in [0.1, 0.15) is 35.0 Å². The number of nitrogens with zero attached hydrogens (tertiary/aromatic N) is 2. The predicted molar refractivity (Wildman–Crippen MR) is 83.9 cm³/mol. The summed E-state index contributed by atoms with van der Waals surface area (Å²) in [6, 6.07) is 7.83. The van der Waals surface area contributed by atoms with Gasteiger partial charge < -0.3 is 10.6 Å². The maximum atomic E-state index is 11.9. The number of hydrogen-bond donors (Lipinski definition) is 2. The SMILES string of the molecule is CCCNC(=O)c1cc(Nc2cc(C)cc(C)c2)ncn1. The quantitative estimate of drug-likeness (QED) is 0.885. The summed E-state index contributed by atoms with van der Waals surface area (Å²) in [5.41, 5.74) is 3.66. The lowest BCUT2D eigenvalue weighted by Crippen LogP contribution is -2.25. The molecule has 0 saturated heterocycles. The number of carbonyl (C=O) groups excluding carboxylic acids is 1. The lowest BCUT2D eigenvalue weighted by molar-refractivity contribution is 0.0948. The van der Waals surface area contributed by atoms with Crippen molar-refractivity contribution in [2.24, 2.45) is 0 Å². The Hall–Kier alpha value is -2.43. The third-order valence-electron chi connectivity index (χ3n) is 2.93. The van der Waals surface area contributed by atoms with E-state index in [2.05, 4.69) is 26.7 Å². The zero-order chi connectivity index (χ0) is 15.2. The van der Waals surface area contributed by atoms with Crippen LogP contribution in [0.2, 0.25) is 0 Å². The van der Waals surface area contributed by atoms with Crippen LogP contribution in [0.25, 0.3) is 0 Å². The fourth-order valence-electron chi connectivity index (χ4n) is 2.07. The molecule has 1 heterocycles. The second kappa shape index (κ2) is 6.83. The zero-order valence-electron chi connectivity index (χ0n) is 12.6. The Morgan fingerprint density at radius 3 is 2.48 bits per heavy atom. The number of hydrogen-bond acceptors (Lipinski definition) is 4. The Kier molecular flexibility index (Phi) is 4.87. The molecule has 0 bridgehead atoms. The molecule has 5 nitrogen and oxygen atoms in total. The van der Waals surface area contributed by atoms with Crippen LogP contribution in [0, 0.1) is 13.8 Å². The normalized spacial score (nSPS) is 10.2. The Balaban J connectivity index is 2.15. The van der Waals surface area contributed by atoms with Crippen LogP contribution >= 0.6 is 0 Å². The van der Waals surface area contributed by atoms with E-state index in [1.54, 1.807) is 6.07 Å². The first kappa shape index (κ1) is 15.0. The highest BCUT2D eigenvalue weighted by atomic mass is 16.1. The third kappa shape index (κ3) is 4.27. The molecule has 0 aliphatic heterocycles. The van der Waals surface area contributed by atoms with E-state index in [1.807, 2.05) is 32.9 Å². The standard InChI is InChI=1S/C16H20N4O/c1-4-5-17-16(21)14-9-15(19-10-18-14)20-13-7-11(2)6-12(3)8-13/h6-10H,4-5H2,1-3H3,(H,17,21)(H,18,19,20).